The predicted molar refractivity (Wildman–Crippen MR) is 85.7 cm³/mol. The number of hydrogen-bond donors (Lipinski definition) is 2. The summed E-state index contributed by atoms with van der Waals surface area (Å²) in [4.78, 5) is 4.20. The third-order valence-corrected chi connectivity index (χ3v) is 3.29. The summed E-state index contributed by atoms with van der Waals surface area (Å²) < 4.78 is 5.58. The Kier molecular flexibility index (Phi) is 7.97. The number of nitrogens with one attached hydrogen (secondary N) is 2. The fraction of sp³-hybridized carbons (Fsp3) is 0.923. The minimum atomic E-state index is 0. The van der Waals surface area contributed by atoms with E-state index in [1.54, 1.807) is 0 Å². The number of rotatable bonds is 8. The molecule has 2 rings (SSSR count). The zero-order chi connectivity index (χ0) is 11.9. The summed E-state index contributed by atoms with van der Waals surface area (Å²) in [6.45, 7) is 3.84. The van der Waals surface area contributed by atoms with E-state index >= 15 is 0 Å². The van der Waals surface area contributed by atoms with Crippen molar-refractivity contribution in [3.8, 4) is 0 Å². The maximum atomic E-state index is 5.58. The molecular weight excluding hydrogens is 341 g/mol. The number of hydrogen-bond acceptors (Lipinski definition) is 2. The summed E-state index contributed by atoms with van der Waals surface area (Å²) in [7, 11) is 1.83. The van der Waals surface area contributed by atoms with Crippen LogP contribution < -0.4 is 10.6 Å². The van der Waals surface area contributed by atoms with Gasteiger partial charge in [-0.25, -0.2) is 0 Å². The van der Waals surface area contributed by atoms with Crippen molar-refractivity contribution >= 4 is 29.9 Å². The Morgan fingerprint density at radius 1 is 1.17 bits per heavy atom. The number of halogens is 1. The van der Waals surface area contributed by atoms with Crippen LogP contribution in [-0.2, 0) is 4.74 Å². The molecule has 0 aromatic heterocycles. The van der Waals surface area contributed by atoms with Gasteiger partial charge < -0.3 is 15.4 Å². The average Bonchev–Trinajstić information content (AvgIpc) is 3.20. The van der Waals surface area contributed by atoms with Gasteiger partial charge in [0, 0.05) is 33.4 Å². The first-order chi connectivity index (χ1) is 8.38. The first-order valence-electron chi connectivity index (χ1n) is 6.90. The highest BCUT2D eigenvalue weighted by atomic mass is 127. The van der Waals surface area contributed by atoms with E-state index < -0.39 is 0 Å². The molecule has 2 fully saturated rings. The van der Waals surface area contributed by atoms with Crippen molar-refractivity contribution in [2.24, 2.45) is 16.8 Å². The number of aliphatic imine (C=N–C) groups is 1. The number of ether oxygens (including phenoxy) is 1. The Balaban J connectivity index is 0.00000162. The summed E-state index contributed by atoms with van der Waals surface area (Å²) in [6.07, 6.45) is 6.54. The first kappa shape index (κ1) is 16.0. The fourth-order valence-electron chi connectivity index (χ4n) is 1.70. The minimum Gasteiger partial charge on any atom is -0.381 e. The van der Waals surface area contributed by atoms with Gasteiger partial charge in [-0.15, -0.1) is 24.0 Å². The molecule has 0 aliphatic heterocycles. The fourth-order valence-corrected chi connectivity index (χ4v) is 1.70. The quantitative estimate of drug-likeness (QED) is 0.299. The van der Waals surface area contributed by atoms with Crippen LogP contribution in [-0.4, -0.2) is 39.3 Å². The molecule has 2 aliphatic carbocycles. The summed E-state index contributed by atoms with van der Waals surface area (Å²) in [5.41, 5.74) is 0. The van der Waals surface area contributed by atoms with E-state index in [-0.39, 0.29) is 24.0 Å². The molecule has 106 valence electrons. The molecule has 0 aromatic carbocycles. The topological polar surface area (TPSA) is 45.7 Å². The van der Waals surface area contributed by atoms with Crippen LogP contribution in [0.4, 0.5) is 0 Å². The van der Waals surface area contributed by atoms with Crippen LogP contribution in [0.25, 0.3) is 0 Å². The Hall–Kier alpha value is -0.0400. The summed E-state index contributed by atoms with van der Waals surface area (Å²) >= 11 is 0. The molecule has 5 heteroatoms. The van der Waals surface area contributed by atoms with Crippen LogP contribution in [0.15, 0.2) is 4.99 Å². The molecule has 2 N–H and O–H groups in total. The van der Waals surface area contributed by atoms with Crippen molar-refractivity contribution in [1.29, 1.82) is 0 Å². The van der Waals surface area contributed by atoms with E-state index in [4.69, 9.17) is 4.74 Å². The van der Waals surface area contributed by atoms with Crippen LogP contribution in [0.3, 0.4) is 0 Å². The molecule has 0 saturated heterocycles. The molecular formula is C13H26IN3O. The molecule has 2 saturated carbocycles. The highest BCUT2D eigenvalue weighted by molar-refractivity contribution is 14.0. The Morgan fingerprint density at radius 2 is 1.89 bits per heavy atom. The number of guanidine groups is 1. The molecule has 0 atom stereocenters. The van der Waals surface area contributed by atoms with E-state index in [9.17, 15) is 0 Å². The van der Waals surface area contributed by atoms with Gasteiger partial charge in [0.1, 0.15) is 0 Å². The maximum absolute atomic E-state index is 5.58. The molecule has 0 heterocycles. The van der Waals surface area contributed by atoms with Gasteiger partial charge in [0.05, 0.1) is 0 Å². The van der Waals surface area contributed by atoms with Gasteiger partial charge in [0.2, 0.25) is 0 Å². The van der Waals surface area contributed by atoms with Gasteiger partial charge in [-0.05, 0) is 43.9 Å². The SMILES string of the molecule is CN=C(NCCCOCC1CC1)NCC1CC1.I. The lowest BCUT2D eigenvalue weighted by atomic mass is 10.4. The second kappa shape index (κ2) is 8.96. The molecule has 18 heavy (non-hydrogen) atoms. The molecule has 0 aromatic rings. The predicted octanol–water partition coefficient (Wildman–Crippen LogP) is 2.00. The van der Waals surface area contributed by atoms with Crippen LogP contribution in [0.2, 0.25) is 0 Å². The van der Waals surface area contributed by atoms with Gasteiger partial charge >= 0.3 is 0 Å². The molecule has 0 amide bonds. The summed E-state index contributed by atoms with van der Waals surface area (Å²) in [5.74, 6) is 2.69. The van der Waals surface area contributed by atoms with Crippen LogP contribution in [0, 0.1) is 11.8 Å². The average molecular weight is 367 g/mol. The second-order valence-corrected chi connectivity index (χ2v) is 5.20. The van der Waals surface area contributed by atoms with Gasteiger partial charge in [-0.3, -0.25) is 4.99 Å². The second-order valence-electron chi connectivity index (χ2n) is 5.20. The first-order valence-corrected chi connectivity index (χ1v) is 6.90. The summed E-state index contributed by atoms with van der Waals surface area (Å²) in [6, 6.07) is 0. The zero-order valence-corrected chi connectivity index (χ0v) is 13.6. The monoisotopic (exact) mass is 367 g/mol. The largest absolute Gasteiger partial charge is 0.381 e. The number of nitrogens with zero attached hydrogens (tertiary/aromatic N) is 1. The lowest BCUT2D eigenvalue weighted by Gasteiger charge is -2.11. The van der Waals surface area contributed by atoms with E-state index in [1.165, 1.54) is 25.7 Å². The normalized spacial score (nSPS) is 19.3. The Labute approximate surface area is 127 Å². The molecule has 2 aliphatic rings. The van der Waals surface area contributed by atoms with Gasteiger partial charge in [-0.2, -0.15) is 0 Å². The van der Waals surface area contributed by atoms with Crippen LogP contribution >= 0.6 is 24.0 Å². The summed E-state index contributed by atoms with van der Waals surface area (Å²) in [5, 5.41) is 6.66. The lowest BCUT2D eigenvalue weighted by Crippen LogP contribution is -2.39. The molecule has 0 bridgehead atoms. The third kappa shape index (κ3) is 7.41. The maximum Gasteiger partial charge on any atom is 0.190 e. The molecule has 0 spiro atoms. The standard InChI is InChI=1S/C13H25N3O.HI/c1-14-13(16-9-11-3-4-11)15-7-2-8-17-10-12-5-6-12;/h11-12H,2-10H2,1H3,(H2,14,15,16);1H. The van der Waals surface area contributed by atoms with Gasteiger partial charge in [0.15, 0.2) is 5.96 Å². The van der Waals surface area contributed by atoms with Crippen molar-refractivity contribution in [2.45, 2.75) is 32.1 Å². The van der Waals surface area contributed by atoms with Crippen LogP contribution in [0.5, 0.6) is 0 Å². The van der Waals surface area contributed by atoms with E-state index in [0.717, 1.165) is 50.5 Å². The molecule has 0 radical (unpaired) electrons. The lowest BCUT2D eigenvalue weighted by molar-refractivity contribution is 0.123. The highest BCUT2D eigenvalue weighted by Crippen LogP contribution is 2.28. The Bertz CT molecular complexity index is 253. The third-order valence-electron chi connectivity index (χ3n) is 3.29. The van der Waals surface area contributed by atoms with E-state index in [1.807, 2.05) is 7.05 Å². The van der Waals surface area contributed by atoms with E-state index in [2.05, 4.69) is 15.6 Å². The molecule has 0 unspecified atom stereocenters. The smallest absolute Gasteiger partial charge is 0.190 e. The van der Waals surface area contributed by atoms with Crippen molar-refractivity contribution in [3.63, 3.8) is 0 Å². The molecule has 4 nitrogen and oxygen atoms in total. The van der Waals surface area contributed by atoms with Crippen molar-refractivity contribution < 1.29 is 4.74 Å². The Morgan fingerprint density at radius 3 is 2.50 bits per heavy atom. The van der Waals surface area contributed by atoms with Crippen molar-refractivity contribution in [2.75, 3.05) is 33.4 Å². The minimum absolute atomic E-state index is 0. The zero-order valence-electron chi connectivity index (χ0n) is 11.3. The van der Waals surface area contributed by atoms with Crippen LogP contribution in [0.1, 0.15) is 32.1 Å². The van der Waals surface area contributed by atoms with Crippen molar-refractivity contribution in [1.82, 2.24) is 10.6 Å². The van der Waals surface area contributed by atoms with E-state index in [0.29, 0.717) is 0 Å². The van der Waals surface area contributed by atoms with Gasteiger partial charge in [-0.1, -0.05) is 0 Å². The highest BCUT2D eigenvalue weighted by Gasteiger charge is 2.21. The van der Waals surface area contributed by atoms with Gasteiger partial charge in [0.25, 0.3) is 0 Å². The van der Waals surface area contributed by atoms with Crippen molar-refractivity contribution in [3.05, 3.63) is 0 Å².